The van der Waals surface area contributed by atoms with Crippen molar-refractivity contribution in [2.24, 2.45) is 0 Å². The third kappa shape index (κ3) is 2.14. The van der Waals surface area contributed by atoms with Gasteiger partial charge in [-0.3, -0.25) is 0 Å². The molecule has 1 aromatic heterocycles. The molecule has 1 heterocycles. The molecule has 0 aliphatic rings. The maximum Gasteiger partial charge on any atom is 0.373 e. The van der Waals surface area contributed by atoms with Crippen molar-refractivity contribution < 1.29 is 13.7 Å². The van der Waals surface area contributed by atoms with E-state index in [1.54, 1.807) is 29.5 Å². The number of pyridine rings is 1. The van der Waals surface area contributed by atoms with Gasteiger partial charge in [0.1, 0.15) is 5.56 Å². The zero-order chi connectivity index (χ0) is 10.9. The molecule has 1 aromatic rings. The van der Waals surface area contributed by atoms with Crippen LogP contribution in [0.15, 0.2) is 6.07 Å². The number of aromatic nitrogens is 1. The fourth-order valence-electron chi connectivity index (χ4n) is 0.910. The first-order valence-electron chi connectivity index (χ1n) is 3.53. The molecule has 0 amide bonds. The number of hydrogen-bond donors (Lipinski definition) is 0. The minimum Gasteiger partial charge on any atom is -0.358 e. The van der Waals surface area contributed by atoms with E-state index in [1.165, 1.54) is 0 Å². The molecule has 14 heavy (non-hydrogen) atoms. The molecule has 0 spiro atoms. The highest BCUT2D eigenvalue weighted by Gasteiger charge is 2.25. The highest BCUT2D eigenvalue weighted by molar-refractivity contribution is 14.1. The van der Waals surface area contributed by atoms with Crippen LogP contribution in [0.3, 0.4) is 0 Å². The van der Waals surface area contributed by atoms with Crippen molar-refractivity contribution in [2.75, 3.05) is 0 Å². The molecular weight excluding hydrogens is 309 g/mol. The zero-order valence-corrected chi connectivity index (χ0v) is 9.16. The molecule has 0 bridgehead atoms. The largest absolute Gasteiger partial charge is 0.373 e. The Morgan fingerprint density at radius 2 is 2.21 bits per heavy atom. The van der Waals surface area contributed by atoms with Crippen LogP contribution in [0.25, 0.3) is 0 Å². The number of hydrogen-bond acceptors (Lipinski definition) is 3. The molecular formula is C7H5F2IN2O2. The molecule has 0 aliphatic heterocycles. The van der Waals surface area contributed by atoms with E-state index in [0.717, 1.165) is 6.07 Å². The Morgan fingerprint density at radius 1 is 1.64 bits per heavy atom. The van der Waals surface area contributed by atoms with Crippen LogP contribution in [0.5, 0.6) is 0 Å². The van der Waals surface area contributed by atoms with Gasteiger partial charge in [-0.25, -0.2) is 8.78 Å². The summed E-state index contributed by atoms with van der Waals surface area (Å²) < 4.78 is 25.1. The van der Waals surface area contributed by atoms with Gasteiger partial charge in [-0.05, 0) is 22.9 Å². The Labute approximate surface area is 91.6 Å². The summed E-state index contributed by atoms with van der Waals surface area (Å²) >= 11 is 1.76. The standard InChI is InChI=1S/C7H5F2IN2O2/c1-3-2-4(5(8)9)7(12(13)14)11-6(3)10/h2,5H,1H3. The molecule has 1 rings (SSSR count). The molecule has 0 unspecified atom stereocenters. The van der Waals surface area contributed by atoms with Crippen LogP contribution in [-0.4, -0.2) is 9.91 Å². The lowest BCUT2D eigenvalue weighted by Gasteiger charge is -2.02. The van der Waals surface area contributed by atoms with E-state index in [9.17, 15) is 18.9 Å². The van der Waals surface area contributed by atoms with Gasteiger partial charge < -0.3 is 10.1 Å². The number of halogens is 3. The lowest BCUT2D eigenvalue weighted by Crippen LogP contribution is -2.02. The third-order valence-corrected chi connectivity index (χ3v) is 2.66. The fraction of sp³-hybridized carbons (Fsp3) is 0.286. The molecule has 0 aromatic carbocycles. The van der Waals surface area contributed by atoms with E-state index in [0.29, 0.717) is 9.26 Å². The van der Waals surface area contributed by atoms with Gasteiger partial charge in [0.2, 0.25) is 3.70 Å². The van der Waals surface area contributed by atoms with E-state index in [4.69, 9.17) is 0 Å². The minimum atomic E-state index is -2.88. The number of nitrogens with zero attached hydrogens (tertiary/aromatic N) is 2. The van der Waals surface area contributed by atoms with Gasteiger partial charge in [0.05, 0.1) is 0 Å². The van der Waals surface area contributed by atoms with Crippen molar-refractivity contribution in [3.63, 3.8) is 0 Å². The van der Waals surface area contributed by atoms with Crippen molar-refractivity contribution in [2.45, 2.75) is 13.3 Å². The van der Waals surface area contributed by atoms with Gasteiger partial charge in [-0.15, -0.1) is 0 Å². The fourth-order valence-corrected chi connectivity index (χ4v) is 1.29. The molecule has 0 aliphatic carbocycles. The van der Waals surface area contributed by atoms with Crippen LogP contribution < -0.4 is 0 Å². The summed E-state index contributed by atoms with van der Waals surface area (Å²) in [5.41, 5.74) is -0.126. The maximum absolute atomic E-state index is 12.4. The van der Waals surface area contributed by atoms with Crippen molar-refractivity contribution >= 4 is 28.4 Å². The van der Waals surface area contributed by atoms with Crippen LogP contribution in [0.4, 0.5) is 14.6 Å². The molecule has 0 atom stereocenters. The van der Waals surface area contributed by atoms with Crippen LogP contribution >= 0.6 is 22.6 Å². The SMILES string of the molecule is Cc1cc(C(F)F)c([N+](=O)[O-])nc1I. The second-order valence-electron chi connectivity index (χ2n) is 2.57. The van der Waals surface area contributed by atoms with Crippen LogP contribution in [0.2, 0.25) is 0 Å². The minimum absolute atomic E-state index is 0.360. The molecule has 0 N–H and O–H groups in total. The zero-order valence-electron chi connectivity index (χ0n) is 7.00. The molecule has 4 nitrogen and oxygen atoms in total. The average Bonchev–Trinajstić information content (AvgIpc) is 2.08. The second-order valence-corrected chi connectivity index (χ2v) is 3.59. The van der Waals surface area contributed by atoms with Gasteiger partial charge in [0.15, 0.2) is 0 Å². The van der Waals surface area contributed by atoms with Gasteiger partial charge in [-0.1, -0.05) is 0 Å². The van der Waals surface area contributed by atoms with Gasteiger partial charge in [0.25, 0.3) is 6.43 Å². The van der Waals surface area contributed by atoms with Crippen LogP contribution in [0.1, 0.15) is 17.6 Å². The summed E-state index contributed by atoms with van der Waals surface area (Å²) in [7, 11) is 0. The first-order valence-corrected chi connectivity index (χ1v) is 4.61. The number of alkyl halides is 2. The first-order chi connectivity index (χ1) is 6.43. The second kappa shape index (κ2) is 4.11. The van der Waals surface area contributed by atoms with E-state index < -0.39 is 22.7 Å². The van der Waals surface area contributed by atoms with E-state index >= 15 is 0 Å². The highest BCUT2D eigenvalue weighted by atomic mass is 127. The molecule has 76 valence electrons. The van der Waals surface area contributed by atoms with Crippen LogP contribution in [0, 0.1) is 20.7 Å². The van der Waals surface area contributed by atoms with Crippen molar-refractivity contribution in [1.82, 2.24) is 4.98 Å². The van der Waals surface area contributed by atoms with Crippen molar-refractivity contribution in [3.8, 4) is 0 Å². The summed E-state index contributed by atoms with van der Waals surface area (Å²) in [6, 6.07) is 1.09. The highest BCUT2D eigenvalue weighted by Crippen LogP contribution is 2.29. The number of rotatable bonds is 2. The van der Waals surface area contributed by atoms with Gasteiger partial charge in [0, 0.05) is 28.2 Å². The molecule has 7 heteroatoms. The molecule has 0 saturated heterocycles. The van der Waals surface area contributed by atoms with Gasteiger partial charge in [-0.2, -0.15) is 0 Å². The number of nitro groups is 1. The average molecular weight is 314 g/mol. The smallest absolute Gasteiger partial charge is 0.358 e. The predicted molar refractivity (Wildman–Crippen MR) is 53.3 cm³/mol. The van der Waals surface area contributed by atoms with Crippen molar-refractivity contribution in [3.05, 3.63) is 31.0 Å². The summed E-state index contributed by atoms with van der Waals surface area (Å²) in [6.45, 7) is 1.57. The topological polar surface area (TPSA) is 56.0 Å². The molecule has 0 fully saturated rings. The normalized spacial score (nSPS) is 10.6. The summed E-state index contributed by atoms with van der Waals surface area (Å²) in [6.07, 6.45) is -2.88. The lowest BCUT2D eigenvalue weighted by molar-refractivity contribution is -0.391. The Hall–Kier alpha value is -0.860. The molecule has 0 saturated carbocycles. The quantitative estimate of drug-likeness (QED) is 0.365. The number of aryl methyl sites for hydroxylation is 1. The maximum atomic E-state index is 12.4. The Kier molecular flexibility index (Phi) is 3.29. The van der Waals surface area contributed by atoms with E-state index in [2.05, 4.69) is 4.98 Å². The van der Waals surface area contributed by atoms with Crippen LogP contribution in [-0.2, 0) is 0 Å². The Balaban J connectivity index is 3.39. The van der Waals surface area contributed by atoms with E-state index in [-0.39, 0.29) is 0 Å². The predicted octanol–water partition coefficient (Wildman–Crippen LogP) is 2.84. The van der Waals surface area contributed by atoms with Crippen molar-refractivity contribution in [1.29, 1.82) is 0 Å². The Morgan fingerprint density at radius 3 is 2.64 bits per heavy atom. The molecule has 0 radical (unpaired) electrons. The summed E-state index contributed by atoms with van der Waals surface area (Å²) in [5.74, 6) is -0.769. The lowest BCUT2D eigenvalue weighted by atomic mass is 10.2. The van der Waals surface area contributed by atoms with Gasteiger partial charge >= 0.3 is 5.82 Å². The monoisotopic (exact) mass is 314 g/mol. The van der Waals surface area contributed by atoms with E-state index in [1.807, 2.05) is 0 Å². The Bertz CT molecular complexity index is 384. The third-order valence-electron chi connectivity index (χ3n) is 1.57. The summed E-state index contributed by atoms with van der Waals surface area (Å²) in [4.78, 5) is 13.0. The summed E-state index contributed by atoms with van der Waals surface area (Å²) in [5, 5.41) is 10.4. The first kappa shape index (κ1) is 11.2.